The van der Waals surface area contributed by atoms with Crippen molar-refractivity contribution in [3.63, 3.8) is 0 Å². The van der Waals surface area contributed by atoms with Crippen molar-refractivity contribution in [1.82, 2.24) is 4.72 Å². The highest BCUT2D eigenvalue weighted by Gasteiger charge is 2.37. The van der Waals surface area contributed by atoms with Crippen LogP contribution in [0, 0.1) is 5.92 Å². The summed E-state index contributed by atoms with van der Waals surface area (Å²) in [5.41, 5.74) is -1.18. The van der Waals surface area contributed by atoms with Crippen LogP contribution in [0.25, 0.3) is 0 Å². The molecule has 0 aliphatic carbocycles. The molecule has 0 atom stereocenters. The number of nitrogens with one attached hydrogen (secondary N) is 1. The second kappa shape index (κ2) is 5.80. The van der Waals surface area contributed by atoms with Crippen LogP contribution in [0.4, 0.5) is 13.2 Å². The zero-order valence-corrected chi connectivity index (χ0v) is 12.7. The van der Waals surface area contributed by atoms with Crippen molar-refractivity contribution in [2.24, 2.45) is 5.92 Å². The van der Waals surface area contributed by atoms with Crippen LogP contribution in [0.5, 0.6) is 0 Å². The van der Waals surface area contributed by atoms with Gasteiger partial charge < -0.3 is 0 Å². The molecule has 0 saturated heterocycles. The van der Waals surface area contributed by atoms with Crippen LogP contribution in [0.1, 0.15) is 19.4 Å². The fourth-order valence-electron chi connectivity index (χ4n) is 1.31. The summed E-state index contributed by atoms with van der Waals surface area (Å²) in [5.74, 6) is -0.000407. The summed E-state index contributed by atoms with van der Waals surface area (Å²) in [7, 11) is -4.18. The van der Waals surface area contributed by atoms with Crippen LogP contribution in [-0.2, 0) is 16.2 Å². The highest BCUT2D eigenvalue weighted by molar-refractivity contribution is 9.10. The molecular formula is C11H13BrF3NO2S. The van der Waals surface area contributed by atoms with Crippen LogP contribution >= 0.6 is 15.9 Å². The van der Waals surface area contributed by atoms with Gasteiger partial charge in [0.15, 0.2) is 0 Å². The molecule has 0 fully saturated rings. The Morgan fingerprint density at radius 3 is 2.37 bits per heavy atom. The summed E-state index contributed by atoms with van der Waals surface area (Å²) in [4.78, 5) is -0.760. The summed E-state index contributed by atoms with van der Waals surface area (Å²) in [6, 6.07) is 2.96. The average molecular weight is 360 g/mol. The van der Waals surface area contributed by atoms with Crippen molar-refractivity contribution in [3.05, 3.63) is 28.2 Å². The van der Waals surface area contributed by atoms with E-state index >= 15 is 0 Å². The quantitative estimate of drug-likeness (QED) is 0.895. The topological polar surface area (TPSA) is 46.2 Å². The Labute approximate surface area is 118 Å². The van der Waals surface area contributed by atoms with E-state index in [1.54, 1.807) is 13.8 Å². The summed E-state index contributed by atoms with van der Waals surface area (Å²) in [6.07, 6.45) is -4.73. The Morgan fingerprint density at radius 1 is 1.32 bits per heavy atom. The zero-order valence-electron chi connectivity index (χ0n) is 10.3. The lowest BCUT2D eigenvalue weighted by Crippen LogP contribution is -2.29. The maximum absolute atomic E-state index is 12.8. The molecule has 1 rings (SSSR count). The molecule has 0 bridgehead atoms. The molecule has 8 heteroatoms. The summed E-state index contributed by atoms with van der Waals surface area (Å²) in [6.45, 7) is 3.60. The van der Waals surface area contributed by atoms with Crippen molar-refractivity contribution < 1.29 is 21.6 Å². The van der Waals surface area contributed by atoms with Gasteiger partial charge in [0.1, 0.15) is 0 Å². The van der Waals surface area contributed by atoms with Gasteiger partial charge in [-0.05, 0) is 24.1 Å². The van der Waals surface area contributed by atoms with Crippen molar-refractivity contribution in [2.45, 2.75) is 24.9 Å². The van der Waals surface area contributed by atoms with Crippen molar-refractivity contribution in [2.75, 3.05) is 6.54 Å². The van der Waals surface area contributed by atoms with E-state index in [1.807, 2.05) is 0 Å². The van der Waals surface area contributed by atoms with E-state index < -0.39 is 26.7 Å². The number of benzene rings is 1. The Bertz CT molecular complexity index is 556. The maximum atomic E-state index is 12.8. The van der Waals surface area contributed by atoms with E-state index in [2.05, 4.69) is 20.7 Å². The maximum Gasteiger partial charge on any atom is 0.417 e. The predicted octanol–water partition coefficient (Wildman–Crippen LogP) is 3.40. The number of hydrogen-bond acceptors (Lipinski definition) is 2. The third-order valence-corrected chi connectivity index (χ3v) is 4.19. The van der Waals surface area contributed by atoms with E-state index in [0.29, 0.717) is 0 Å². The van der Waals surface area contributed by atoms with Gasteiger partial charge in [-0.25, -0.2) is 13.1 Å². The molecule has 0 aliphatic heterocycles. The molecule has 1 aromatic carbocycles. The Kier molecular flexibility index (Phi) is 5.02. The second-order valence-electron chi connectivity index (χ2n) is 4.38. The fourth-order valence-corrected chi connectivity index (χ4v) is 3.09. The number of rotatable bonds is 4. The van der Waals surface area contributed by atoms with Crippen molar-refractivity contribution in [1.29, 1.82) is 0 Å². The molecule has 0 unspecified atom stereocenters. The molecule has 19 heavy (non-hydrogen) atoms. The van der Waals surface area contributed by atoms with Crippen molar-refractivity contribution >= 4 is 26.0 Å². The molecule has 0 aromatic heterocycles. The lowest BCUT2D eigenvalue weighted by atomic mass is 10.2. The van der Waals surface area contributed by atoms with Gasteiger partial charge in [0, 0.05) is 11.0 Å². The Hall–Kier alpha value is -0.600. The highest BCUT2D eigenvalue weighted by atomic mass is 79.9. The summed E-state index contributed by atoms with van der Waals surface area (Å²) < 4.78 is 64.6. The molecule has 1 aromatic rings. The first-order valence-corrected chi connectivity index (χ1v) is 7.68. The zero-order chi connectivity index (χ0) is 14.8. The summed E-state index contributed by atoms with van der Waals surface area (Å²) >= 11 is 2.90. The van der Waals surface area contributed by atoms with E-state index in [-0.39, 0.29) is 16.9 Å². The van der Waals surface area contributed by atoms with Crippen LogP contribution in [0.3, 0.4) is 0 Å². The Morgan fingerprint density at radius 2 is 1.89 bits per heavy atom. The lowest BCUT2D eigenvalue weighted by molar-refractivity contribution is -0.139. The lowest BCUT2D eigenvalue weighted by Gasteiger charge is -2.15. The first kappa shape index (κ1) is 16.5. The van der Waals surface area contributed by atoms with Gasteiger partial charge in [-0.1, -0.05) is 29.8 Å². The SMILES string of the molecule is CC(C)CNS(=O)(=O)c1ccc(Br)cc1C(F)(F)F. The third-order valence-electron chi connectivity index (χ3n) is 2.22. The molecule has 0 saturated carbocycles. The van der Waals surface area contributed by atoms with Gasteiger partial charge in [0.05, 0.1) is 10.5 Å². The fraction of sp³-hybridized carbons (Fsp3) is 0.455. The van der Waals surface area contributed by atoms with Crippen LogP contribution in [0.15, 0.2) is 27.6 Å². The van der Waals surface area contributed by atoms with Gasteiger partial charge >= 0.3 is 6.18 Å². The van der Waals surface area contributed by atoms with E-state index in [4.69, 9.17) is 0 Å². The van der Waals surface area contributed by atoms with Crippen LogP contribution in [-0.4, -0.2) is 15.0 Å². The minimum atomic E-state index is -4.73. The molecule has 0 amide bonds. The number of alkyl halides is 3. The second-order valence-corrected chi connectivity index (χ2v) is 7.04. The minimum absolute atomic E-state index is 0.000407. The van der Waals surface area contributed by atoms with Gasteiger partial charge in [0.25, 0.3) is 0 Å². The molecule has 0 heterocycles. The van der Waals surface area contributed by atoms with Gasteiger partial charge in [-0.15, -0.1) is 0 Å². The van der Waals surface area contributed by atoms with E-state index in [1.165, 1.54) is 6.07 Å². The smallest absolute Gasteiger partial charge is 0.211 e. The summed E-state index contributed by atoms with van der Waals surface area (Å²) in [5, 5.41) is 0. The normalized spacial score (nSPS) is 13.0. The number of hydrogen-bond donors (Lipinski definition) is 1. The molecule has 3 nitrogen and oxygen atoms in total. The van der Waals surface area contributed by atoms with Gasteiger partial charge in [-0.3, -0.25) is 0 Å². The molecule has 0 spiro atoms. The molecule has 108 valence electrons. The van der Waals surface area contributed by atoms with Crippen LogP contribution in [0.2, 0.25) is 0 Å². The monoisotopic (exact) mass is 359 g/mol. The first-order valence-electron chi connectivity index (χ1n) is 5.40. The molecule has 1 N–H and O–H groups in total. The van der Waals surface area contributed by atoms with Crippen LogP contribution < -0.4 is 4.72 Å². The van der Waals surface area contributed by atoms with Gasteiger partial charge in [0.2, 0.25) is 10.0 Å². The molecule has 0 aliphatic rings. The standard InChI is InChI=1S/C11H13BrF3NO2S/c1-7(2)6-16-19(17,18)10-4-3-8(12)5-9(10)11(13,14)15/h3-5,7,16H,6H2,1-2H3. The van der Waals surface area contributed by atoms with Crippen molar-refractivity contribution in [3.8, 4) is 0 Å². The number of halogens is 4. The molecule has 0 radical (unpaired) electrons. The highest BCUT2D eigenvalue weighted by Crippen LogP contribution is 2.35. The first-order chi connectivity index (χ1) is 8.54. The largest absolute Gasteiger partial charge is 0.417 e. The minimum Gasteiger partial charge on any atom is -0.211 e. The third kappa shape index (κ3) is 4.47. The van der Waals surface area contributed by atoms with E-state index in [9.17, 15) is 21.6 Å². The number of sulfonamides is 1. The van der Waals surface area contributed by atoms with E-state index in [0.717, 1.165) is 12.1 Å². The molecular weight excluding hydrogens is 347 g/mol. The Balaban J connectivity index is 3.27. The van der Waals surface area contributed by atoms with Gasteiger partial charge in [-0.2, -0.15) is 13.2 Å². The predicted molar refractivity (Wildman–Crippen MR) is 69.2 cm³/mol. The average Bonchev–Trinajstić information content (AvgIpc) is 2.25.